The average molecular weight is 428 g/mol. The van der Waals surface area contributed by atoms with E-state index in [-0.39, 0.29) is 11.1 Å². The molecular formula is C25H25N5O2. The molecular weight excluding hydrogens is 402 g/mol. The number of aromatic nitrogens is 3. The number of rotatable bonds is 6. The number of hydrogen-bond acceptors (Lipinski definition) is 5. The number of nitrogens with zero attached hydrogens (tertiary/aromatic N) is 4. The van der Waals surface area contributed by atoms with Gasteiger partial charge in [0, 0.05) is 23.3 Å². The Balaban J connectivity index is 1.34. The van der Waals surface area contributed by atoms with Crippen LogP contribution in [0, 0.1) is 0 Å². The van der Waals surface area contributed by atoms with Crippen LogP contribution in [0.5, 0.6) is 5.75 Å². The van der Waals surface area contributed by atoms with E-state index in [1.165, 1.54) is 6.07 Å². The zero-order chi connectivity index (χ0) is 22.1. The summed E-state index contributed by atoms with van der Waals surface area (Å²) >= 11 is 0. The van der Waals surface area contributed by atoms with Crippen LogP contribution in [0.3, 0.4) is 0 Å². The van der Waals surface area contributed by atoms with E-state index in [2.05, 4.69) is 29.3 Å². The normalized spacial score (nSPS) is 14.9. The molecule has 0 unspecified atom stereocenters. The highest BCUT2D eigenvalue weighted by Gasteiger charge is 2.25. The minimum atomic E-state index is -0.144. The van der Waals surface area contributed by atoms with E-state index in [9.17, 15) is 4.79 Å². The minimum absolute atomic E-state index is 0.0103. The van der Waals surface area contributed by atoms with Crippen molar-refractivity contribution < 1.29 is 4.74 Å². The smallest absolute Gasteiger partial charge is 0.258 e. The van der Waals surface area contributed by atoms with Crippen LogP contribution >= 0.6 is 0 Å². The summed E-state index contributed by atoms with van der Waals surface area (Å²) < 4.78 is 9.31. The lowest BCUT2D eigenvalue weighted by Crippen LogP contribution is -2.40. The fourth-order valence-electron chi connectivity index (χ4n) is 3.85. The van der Waals surface area contributed by atoms with Crippen LogP contribution in [0.2, 0.25) is 0 Å². The van der Waals surface area contributed by atoms with E-state index in [1.807, 2.05) is 65.5 Å². The Morgan fingerprint density at radius 1 is 1.09 bits per heavy atom. The fraction of sp³-hybridized carbons (Fsp3) is 0.240. The maximum Gasteiger partial charge on any atom is 0.258 e. The molecule has 0 saturated heterocycles. The number of hydrogen-bond donors (Lipinski definition) is 1. The molecule has 2 aromatic carbocycles. The van der Waals surface area contributed by atoms with Crippen LogP contribution in [0.15, 0.2) is 82.8 Å². The van der Waals surface area contributed by atoms with Crippen molar-refractivity contribution in [3.05, 3.63) is 89.0 Å². The van der Waals surface area contributed by atoms with Gasteiger partial charge in [0.2, 0.25) is 0 Å². The highest BCUT2D eigenvalue weighted by atomic mass is 16.5. The molecule has 162 valence electrons. The van der Waals surface area contributed by atoms with Crippen LogP contribution < -0.4 is 15.6 Å². The first-order valence-corrected chi connectivity index (χ1v) is 10.6. The van der Waals surface area contributed by atoms with Gasteiger partial charge in [0.05, 0.1) is 30.3 Å². The predicted molar refractivity (Wildman–Crippen MR) is 126 cm³/mol. The second-order valence-electron chi connectivity index (χ2n) is 8.66. The van der Waals surface area contributed by atoms with Gasteiger partial charge in [0.15, 0.2) is 0 Å². The molecule has 3 heterocycles. The van der Waals surface area contributed by atoms with Gasteiger partial charge in [-0.05, 0) is 43.7 Å². The number of nitrogens with one attached hydrogen (secondary N) is 1. The zero-order valence-electron chi connectivity index (χ0n) is 18.2. The molecule has 0 atom stereocenters. The first kappa shape index (κ1) is 20.1. The number of amidine groups is 1. The summed E-state index contributed by atoms with van der Waals surface area (Å²) in [6.45, 7) is 6.05. The summed E-state index contributed by atoms with van der Waals surface area (Å²) in [5.74, 6) is 1.49. The molecule has 1 aliphatic rings. The molecule has 1 aliphatic heterocycles. The van der Waals surface area contributed by atoms with E-state index in [0.29, 0.717) is 18.9 Å². The molecule has 0 bridgehead atoms. The van der Waals surface area contributed by atoms with Crippen molar-refractivity contribution in [2.75, 3.05) is 6.54 Å². The summed E-state index contributed by atoms with van der Waals surface area (Å²) in [7, 11) is 0. The molecule has 7 heteroatoms. The van der Waals surface area contributed by atoms with Crippen LogP contribution in [0.4, 0.5) is 0 Å². The predicted octanol–water partition coefficient (Wildman–Crippen LogP) is 3.55. The second-order valence-corrected chi connectivity index (χ2v) is 8.66. The molecule has 0 saturated carbocycles. The monoisotopic (exact) mass is 427 g/mol. The molecule has 0 radical (unpaired) electrons. The Morgan fingerprint density at radius 2 is 1.94 bits per heavy atom. The van der Waals surface area contributed by atoms with E-state index in [0.717, 1.165) is 34.5 Å². The Kier molecular flexibility index (Phi) is 5.01. The maximum atomic E-state index is 12.7. The standard InChI is InChI=1S/C25H25N5O2/c1-25(2)17-26-23(28-25)15-30-22-9-8-20(12-19(22)14-27-30)29-11-10-21(13-24(29)31)32-16-18-6-4-3-5-7-18/h3-14H,15-17H2,1-2H3,(H,26,28). The van der Waals surface area contributed by atoms with Gasteiger partial charge in [-0.2, -0.15) is 5.10 Å². The maximum absolute atomic E-state index is 12.7. The molecule has 4 aromatic rings. The number of pyridine rings is 1. The summed E-state index contributed by atoms with van der Waals surface area (Å²) in [4.78, 5) is 17.3. The first-order valence-electron chi connectivity index (χ1n) is 10.6. The van der Waals surface area contributed by atoms with Gasteiger partial charge >= 0.3 is 0 Å². The van der Waals surface area contributed by atoms with Gasteiger partial charge in [-0.15, -0.1) is 0 Å². The Morgan fingerprint density at radius 3 is 2.69 bits per heavy atom. The van der Waals surface area contributed by atoms with Gasteiger partial charge in [0.1, 0.15) is 18.2 Å². The Labute approximate surface area is 186 Å². The highest BCUT2D eigenvalue weighted by Crippen LogP contribution is 2.20. The van der Waals surface area contributed by atoms with Gasteiger partial charge in [-0.3, -0.25) is 19.0 Å². The van der Waals surface area contributed by atoms with Crippen molar-refractivity contribution in [2.24, 2.45) is 4.99 Å². The number of aliphatic imine (C=N–C) groups is 1. The summed E-state index contributed by atoms with van der Waals surface area (Å²) in [6.07, 6.45) is 3.56. The van der Waals surface area contributed by atoms with Crippen molar-refractivity contribution in [3.8, 4) is 11.4 Å². The van der Waals surface area contributed by atoms with Crippen molar-refractivity contribution >= 4 is 16.7 Å². The lowest BCUT2D eigenvalue weighted by molar-refractivity contribution is 0.305. The third-order valence-electron chi connectivity index (χ3n) is 5.49. The van der Waals surface area contributed by atoms with Crippen molar-refractivity contribution in [3.63, 3.8) is 0 Å². The zero-order valence-corrected chi connectivity index (χ0v) is 18.2. The lowest BCUT2D eigenvalue weighted by Gasteiger charge is -2.18. The topological polar surface area (TPSA) is 73.4 Å². The number of fused-ring (bicyclic) bond motifs is 1. The summed E-state index contributed by atoms with van der Waals surface area (Å²) in [5, 5.41) is 8.92. The van der Waals surface area contributed by atoms with Gasteiger partial charge in [0.25, 0.3) is 5.56 Å². The largest absolute Gasteiger partial charge is 0.489 e. The van der Waals surface area contributed by atoms with Crippen LogP contribution in [0.25, 0.3) is 16.6 Å². The van der Waals surface area contributed by atoms with E-state index >= 15 is 0 Å². The molecule has 0 amide bonds. The fourth-order valence-corrected chi connectivity index (χ4v) is 3.85. The summed E-state index contributed by atoms with van der Waals surface area (Å²) in [6, 6.07) is 19.1. The Hall–Kier alpha value is -3.87. The molecule has 32 heavy (non-hydrogen) atoms. The quantitative estimate of drug-likeness (QED) is 0.511. The summed E-state index contributed by atoms with van der Waals surface area (Å²) in [5.41, 5.74) is 2.69. The van der Waals surface area contributed by atoms with E-state index in [4.69, 9.17) is 4.74 Å². The first-order chi connectivity index (χ1) is 15.5. The third-order valence-corrected chi connectivity index (χ3v) is 5.49. The van der Waals surface area contributed by atoms with E-state index < -0.39 is 0 Å². The molecule has 1 N–H and O–H groups in total. The lowest BCUT2D eigenvalue weighted by atomic mass is 10.1. The average Bonchev–Trinajstić information content (AvgIpc) is 3.35. The molecule has 7 nitrogen and oxygen atoms in total. The molecule has 2 aromatic heterocycles. The van der Waals surface area contributed by atoms with Gasteiger partial charge in [-0.25, -0.2) is 0 Å². The molecule has 0 aliphatic carbocycles. The molecule has 0 fully saturated rings. The molecule has 5 rings (SSSR count). The SMILES string of the molecule is CC1(C)CN=C(Cn2ncc3cc(-n4ccc(OCc5ccccc5)cc4=O)ccc32)N1. The van der Waals surface area contributed by atoms with Crippen molar-refractivity contribution in [1.82, 2.24) is 19.7 Å². The third kappa shape index (κ3) is 4.14. The van der Waals surface area contributed by atoms with Crippen molar-refractivity contribution in [1.29, 1.82) is 0 Å². The number of ether oxygens (including phenoxy) is 1. The number of benzene rings is 2. The second kappa shape index (κ2) is 8.00. The Bertz CT molecular complexity index is 1350. The highest BCUT2D eigenvalue weighted by molar-refractivity contribution is 5.87. The minimum Gasteiger partial charge on any atom is -0.489 e. The van der Waals surface area contributed by atoms with Gasteiger partial charge in [-0.1, -0.05) is 30.3 Å². The van der Waals surface area contributed by atoms with E-state index in [1.54, 1.807) is 10.8 Å². The van der Waals surface area contributed by atoms with Crippen LogP contribution in [0.1, 0.15) is 19.4 Å². The van der Waals surface area contributed by atoms with Gasteiger partial charge < -0.3 is 10.1 Å². The van der Waals surface area contributed by atoms with Crippen LogP contribution in [-0.2, 0) is 13.2 Å². The van der Waals surface area contributed by atoms with Crippen LogP contribution in [-0.4, -0.2) is 32.3 Å². The van der Waals surface area contributed by atoms with Crippen molar-refractivity contribution in [2.45, 2.75) is 32.5 Å². The molecule has 0 spiro atoms.